The monoisotopic (exact) mass is 271 g/mol. The van der Waals surface area contributed by atoms with E-state index in [9.17, 15) is 8.42 Å². The zero-order chi connectivity index (χ0) is 14.1. The van der Waals surface area contributed by atoms with Crippen molar-refractivity contribution in [1.82, 2.24) is 0 Å². The molecule has 2 aromatic carbocycles. The van der Waals surface area contributed by atoms with Crippen LogP contribution in [0.2, 0.25) is 0 Å². The fraction of sp³-hybridized carbons (Fsp3) is 0.0667. The molecule has 0 saturated heterocycles. The molecule has 4 heteroatoms. The predicted octanol–water partition coefficient (Wildman–Crippen LogP) is 2.96. The first-order chi connectivity index (χ1) is 9.15. The minimum Gasteiger partial charge on any atom is -0.221 e. The van der Waals surface area contributed by atoms with Gasteiger partial charge in [-0.05, 0) is 12.5 Å². The Kier molecular flexibility index (Phi) is 6.07. The van der Waals surface area contributed by atoms with Gasteiger partial charge in [0.15, 0.2) is 0 Å². The molecule has 0 radical (unpaired) electrons. The van der Waals surface area contributed by atoms with E-state index >= 15 is 0 Å². The summed E-state index contributed by atoms with van der Waals surface area (Å²) >= 11 is 0. The fourth-order valence-electron chi connectivity index (χ4n) is 1.31. The van der Waals surface area contributed by atoms with Crippen molar-refractivity contribution in [3.05, 3.63) is 83.2 Å². The Labute approximate surface area is 114 Å². The van der Waals surface area contributed by atoms with Crippen molar-refractivity contribution >= 4 is 15.3 Å². The van der Waals surface area contributed by atoms with E-state index in [-0.39, 0.29) is 4.99 Å². The number of benzene rings is 2. The Morgan fingerprint density at radius 2 is 1.42 bits per heavy atom. The second-order valence-electron chi connectivity index (χ2n) is 3.67. The van der Waals surface area contributed by atoms with Gasteiger partial charge in [-0.2, -0.15) is 8.42 Å². The molecule has 0 spiro atoms. The second-order valence-corrected chi connectivity index (χ2v) is 4.53. The quantitative estimate of drug-likeness (QED) is 0.591. The third-order valence-corrected chi connectivity index (χ3v) is 2.86. The summed E-state index contributed by atoms with van der Waals surface area (Å²) in [5.74, 6) is 0. The topological polar surface area (TPSA) is 38.5 Å². The minimum atomic E-state index is -2.44. The third kappa shape index (κ3) is 5.19. The number of rotatable bonds is 1. The Morgan fingerprint density at radius 1 is 0.947 bits per heavy atom. The molecule has 0 aromatic heterocycles. The van der Waals surface area contributed by atoms with Crippen LogP contribution in [0, 0.1) is 13.5 Å². The van der Waals surface area contributed by atoms with Crippen LogP contribution in [0.3, 0.4) is 0 Å². The van der Waals surface area contributed by atoms with Crippen LogP contribution >= 0.6 is 0 Å². The standard InChI is InChI=1S/C8H5NO2S.C7H8/c1-9-8(12(10)11)7-5-3-2-4-6-7;1-7-5-3-2-4-6-7/h2-6H;2-6H,1H3. The van der Waals surface area contributed by atoms with Crippen molar-refractivity contribution < 1.29 is 8.42 Å². The van der Waals surface area contributed by atoms with Gasteiger partial charge in [0.2, 0.25) is 10.3 Å². The highest BCUT2D eigenvalue weighted by atomic mass is 32.2. The van der Waals surface area contributed by atoms with Gasteiger partial charge in [0.05, 0.1) is 6.57 Å². The van der Waals surface area contributed by atoms with Crippen LogP contribution in [0.15, 0.2) is 60.7 Å². The van der Waals surface area contributed by atoms with Gasteiger partial charge in [-0.1, -0.05) is 66.2 Å². The van der Waals surface area contributed by atoms with Gasteiger partial charge in [0, 0.05) is 0 Å². The number of hydrogen-bond acceptors (Lipinski definition) is 2. The van der Waals surface area contributed by atoms with Crippen molar-refractivity contribution in [2.45, 2.75) is 6.92 Å². The summed E-state index contributed by atoms with van der Waals surface area (Å²) in [6.45, 7) is 8.71. The highest BCUT2D eigenvalue weighted by Crippen LogP contribution is 2.00. The maximum atomic E-state index is 10.5. The summed E-state index contributed by atoms with van der Waals surface area (Å²) in [5, 5.41) is 0. The van der Waals surface area contributed by atoms with Crippen molar-refractivity contribution in [3.8, 4) is 0 Å². The van der Waals surface area contributed by atoms with E-state index in [0.29, 0.717) is 5.56 Å². The van der Waals surface area contributed by atoms with E-state index in [0.717, 1.165) is 0 Å². The molecule has 96 valence electrons. The number of hydrogen-bond donors (Lipinski definition) is 0. The lowest BCUT2D eigenvalue weighted by Crippen LogP contribution is -1.94. The van der Waals surface area contributed by atoms with Gasteiger partial charge >= 0.3 is 4.99 Å². The molecular formula is C15H13NO2S. The zero-order valence-corrected chi connectivity index (χ0v) is 11.3. The van der Waals surface area contributed by atoms with Crippen LogP contribution in [-0.2, 0) is 10.3 Å². The number of aryl methyl sites for hydroxylation is 1. The molecule has 0 saturated carbocycles. The number of nitrogens with zero attached hydrogens (tertiary/aromatic N) is 1. The zero-order valence-electron chi connectivity index (χ0n) is 10.4. The SMILES string of the molecule is Cc1ccccc1.[C-]#[N+]C(c1ccccc1)=S(=O)=O. The molecular weight excluding hydrogens is 258 g/mol. The Morgan fingerprint density at radius 3 is 1.74 bits per heavy atom. The lowest BCUT2D eigenvalue weighted by atomic mass is 10.2. The Balaban J connectivity index is 0.000000218. The van der Waals surface area contributed by atoms with E-state index in [1.165, 1.54) is 5.56 Å². The summed E-state index contributed by atoms with van der Waals surface area (Å²) < 4.78 is 21.0. The van der Waals surface area contributed by atoms with Gasteiger partial charge < -0.3 is 0 Å². The molecule has 3 nitrogen and oxygen atoms in total. The van der Waals surface area contributed by atoms with E-state index in [1.54, 1.807) is 30.3 Å². The first-order valence-electron chi connectivity index (χ1n) is 5.56. The van der Waals surface area contributed by atoms with Crippen LogP contribution in [0.5, 0.6) is 0 Å². The maximum Gasteiger partial charge on any atom is 0.310 e. The van der Waals surface area contributed by atoms with Crippen LogP contribution in [0.1, 0.15) is 11.1 Å². The second kappa shape index (κ2) is 7.85. The molecule has 0 aliphatic heterocycles. The average molecular weight is 271 g/mol. The lowest BCUT2D eigenvalue weighted by Gasteiger charge is -1.90. The Hall–Kier alpha value is -2.38. The van der Waals surface area contributed by atoms with Crippen molar-refractivity contribution in [3.63, 3.8) is 0 Å². The molecule has 2 rings (SSSR count). The molecule has 0 bridgehead atoms. The molecule has 0 aliphatic carbocycles. The molecule has 0 amide bonds. The van der Waals surface area contributed by atoms with Gasteiger partial charge in [0.25, 0.3) is 0 Å². The van der Waals surface area contributed by atoms with Crippen molar-refractivity contribution in [2.75, 3.05) is 0 Å². The van der Waals surface area contributed by atoms with Crippen LogP contribution in [0.25, 0.3) is 4.85 Å². The largest absolute Gasteiger partial charge is 0.310 e. The van der Waals surface area contributed by atoms with E-state index < -0.39 is 10.3 Å². The van der Waals surface area contributed by atoms with E-state index in [2.05, 4.69) is 23.9 Å². The smallest absolute Gasteiger partial charge is 0.221 e. The minimum absolute atomic E-state index is 0.240. The van der Waals surface area contributed by atoms with Gasteiger partial charge in [-0.15, -0.1) is 0 Å². The van der Waals surface area contributed by atoms with E-state index in [4.69, 9.17) is 6.57 Å². The summed E-state index contributed by atoms with van der Waals surface area (Å²) in [5.41, 5.74) is 1.75. The molecule has 0 aliphatic rings. The van der Waals surface area contributed by atoms with Crippen LogP contribution in [0.4, 0.5) is 0 Å². The molecule has 2 aromatic rings. The summed E-state index contributed by atoms with van der Waals surface area (Å²) in [4.78, 5) is 2.67. The van der Waals surface area contributed by atoms with Crippen molar-refractivity contribution in [1.29, 1.82) is 0 Å². The third-order valence-electron chi connectivity index (χ3n) is 2.22. The van der Waals surface area contributed by atoms with Crippen LogP contribution in [-0.4, -0.2) is 13.4 Å². The summed E-state index contributed by atoms with van der Waals surface area (Å²) in [7, 11) is -2.44. The first kappa shape index (κ1) is 14.7. The molecule has 0 unspecified atom stereocenters. The van der Waals surface area contributed by atoms with Gasteiger partial charge in [-0.25, -0.2) is 4.85 Å². The molecule has 0 heterocycles. The van der Waals surface area contributed by atoms with Crippen molar-refractivity contribution in [2.24, 2.45) is 0 Å². The van der Waals surface area contributed by atoms with Gasteiger partial charge in [-0.3, -0.25) is 0 Å². The lowest BCUT2D eigenvalue weighted by molar-refractivity contribution is 0.627. The molecule has 0 atom stereocenters. The first-order valence-corrected chi connectivity index (χ1v) is 6.63. The van der Waals surface area contributed by atoms with Crippen LogP contribution < -0.4 is 0 Å². The predicted molar refractivity (Wildman–Crippen MR) is 77.3 cm³/mol. The highest BCUT2D eigenvalue weighted by molar-refractivity contribution is 7.73. The summed E-state index contributed by atoms with van der Waals surface area (Å²) in [6.07, 6.45) is 0. The average Bonchev–Trinajstić information content (AvgIpc) is 2.42. The van der Waals surface area contributed by atoms with Gasteiger partial charge in [0.1, 0.15) is 0 Å². The Bertz CT molecular complexity index is 676. The normalized spacial score (nSPS) is 8.63. The summed E-state index contributed by atoms with van der Waals surface area (Å²) in [6, 6.07) is 18.6. The molecule has 0 fully saturated rings. The molecule has 19 heavy (non-hydrogen) atoms. The molecule has 0 N–H and O–H groups in total. The highest BCUT2D eigenvalue weighted by Gasteiger charge is 2.02. The maximum absolute atomic E-state index is 10.5. The van der Waals surface area contributed by atoms with E-state index in [1.807, 2.05) is 18.2 Å². The fourth-order valence-corrected chi connectivity index (χ4v) is 1.72.